The molecule has 0 aliphatic rings. The first-order valence-corrected chi connectivity index (χ1v) is 6.77. The first kappa shape index (κ1) is 14.0. The minimum Gasteiger partial charge on any atom is -0.333 e. The number of fused-ring (bicyclic) bond motifs is 1. The van der Waals surface area contributed by atoms with Gasteiger partial charge in [-0.25, -0.2) is 9.97 Å². The summed E-state index contributed by atoms with van der Waals surface area (Å²) in [4.78, 5) is 35.6. The highest BCUT2D eigenvalue weighted by Gasteiger charge is 2.16. The minimum atomic E-state index is -0.338. The fourth-order valence-corrected chi connectivity index (χ4v) is 2.28. The van der Waals surface area contributed by atoms with Crippen LogP contribution in [0.15, 0.2) is 41.5 Å². The molecule has 0 saturated heterocycles. The Hall–Kier alpha value is -2.96. The van der Waals surface area contributed by atoms with E-state index in [1.807, 2.05) is 35.9 Å². The number of imidazole rings is 1. The van der Waals surface area contributed by atoms with Gasteiger partial charge in [0.2, 0.25) is 0 Å². The lowest BCUT2D eigenvalue weighted by Crippen LogP contribution is -2.29. The Morgan fingerprint density at radius 1 is 1.36 bits per heavy atom. The van der Waals surface area contributed by atoms with Crippen LogP contribution < -0.4 is 5.56 Å². The first-order chi connectivity index (χ1) is 10.6. The molecule has 1 amide bonds. The number of amides is 1. The molecule has 0 unspecified atom stereocenters. The molecule has 7 heteroatoms. The third kappa shape index (κ3) is 2.48. The summed E-state index contributed by atoms with van der Waals surface area (Å²) in [7, 11) is 3.59. The monoisotopic (exact) mass is 297 g/mol. The Bertz CT molecular complexity index is 876. The molecule has 3 rings (SSSR count). The van der Waals surface area contributed by atoms with E-state index in [4.69, 9.17) is 0 Å². The molecule has 1 N–H and O–H groups in total. The van der Waals surface area contributed by atoms with Crippen LogP contribution >= 0.6 is 0 Å². The second-order valence-electron chi connectivity index (χ2n) is 5.03. The van der Waals surface area contributed by atoms with Crippen LogP contribution in [0.5, 0.6) is 0 Å². The van der Waals surface area contributed by atoms with Crippen molar-refractivity contribution < 1.29 is 4.79 Å². The lowest BCUT2D eigenvalue weighted by Gasteiger charge is -2.16. The molecule has 2 aromatic heterocycles. The maximum atomic E-state index is 12.3. The van der Waals surface area contributed by atoms with E-state index in [-0.39, 0.29) is 17.2 Å². The van der Waals surface area contributed by atoms with Gasteiger partial charge in [0.1, 0.15) is 11.5 Å². The number of nitrogens with zero attached hydrogens (tertiary/aromatic N) is 4. The number of H-pyrrole nitrogens is 1. The van der Waals surface area contributed by atoms with E-state index in [1.165, 1.54) is 11.1 Å². The Labute approximate surface area is 126 Å². The van der Waals surface area contributed by atoms with Crippen LogP contribution in [0.4, 0.5) is 0 Å². The number of para-hydroxylation sites is 2. The highest BCUT2D eigenvalue weighted by atomic mass is 16.2. The van der Waals surface area contributed by atoms with Crippen LogP contribution in [-0.4, -0.2) is 37.4 Å². The van der Waals surface area contributed by atoms with Crippen LogP contribution in [0.3, 0.4) is 0 Å². The Morgan fingerprint density at radius 2 is 2.14 bits per heavy atom. The van der Waals surface area contributed by atoms with Crippen molar-refractivity contribution in [3.63, 3.8) is 0 Å². The van der Waals surface area contributed by atoms with Crippen molar-refractivity contribution in [1.82, 2.24) is 24.4 Å². The highest BCUT2D eigenvalue weighted by Crippen LogP contribution is 2.15. The van der Waals surface area contributed by atoms with E-state index in [1.54, 1.807) is 7.05 Å². The average Bonchev–Trinajstić information content (AvgIpc) is 2.84. The van der Waals surface area contributed by atoms with Gasteiger partial charge < -0.3 is 14.5 Å². The van der Waals surface area contributed by atoms with Crippen molar-refractivity contribution in [2.24, 2.45) is 7.05 Å². The second kappa shape index (κ2) is 5.44. The van der Waals surface area contributed by atoms with Gasteiger partial charge in [-0.3, -0.25) is 9.59 Å². The zero-order chi connectivity index (χ0) is 15.7. The van der Waals surface area contributed by atoms with Gasteiger partial charge in [0.15, 0.2) is 0 Å². The Morgan fingerprint density at radius 3 is 2.82 bits per heavy atom. The number of rotatable bonds is 3. The molecule has 0 bridgehead atoms. The standard InChI is InChI=1S/C15H15N5O2/c1-19(15(22)11-7-17-14(21)8-16-11)9-13-18-10-5-3-4-6-12(10)20(13)2/h3-8H,9H2,1-2H3,(H,17,21). The smallest absolute Gasteiger partial charge is 0.274 e. The predicted molar refractivity (Wildman–Crippen MR) is 81.4 cm³/mol. The van der Waals surface area contributed by atoms with E-state index in [9.17, 15) is 9.59 Å². The number of aromatic amines is 1. The fraction of sp³-hybridized carbons (Fsp3) is 0.200. The third-order valence-corrected chi connectivity index (χ3v) is 3.50. The van der Waals surface area contributed by atoms with Crippen molar-refractivity contribution in [3.8, 4) is 0 Å². The predicted octanol–water partition coefficient (Wildman–Crippen LogP) is 0.929. The summed E-state index contributed by atoms with van der Waals surface area (Å²) in [6.07, 6.45) is 2.41. The molecule has 0 aliphatic carbocycles. The molecule has 1 aromatic carbocycles. The van der Waals surface area contributed by atoms with Gasteiger partial charge in [-0.15, -0.1) is 0 Å². The number of aromatic nitrogens is 4. The molecule has 2 heterocycles. The van der Waals surface area contributed by atoms with Crippen LogP contribution in [-0.2, 0) is 13.6 Å². The number of hydrogen-bond donors (Lipinski definition) is 1. The summed E-state index contributed by atoms with van der Waals surface area (Å²) in [5.41, 5.74) is 1.76. The molecular formula is C15H15N5O2. The quantitative estimate of drug-likeness (QED) is 0.779. The molecule has 0 saturated carbocycles. The number of hydrogen-bond acceptors (Lipinski definition) is 4. The molecule has 0 fully saturated rings. The van der Waals surface area contributed by atoms with Gasteiger partial charge in [-0.1, -0.05) is 12.1 Å². The first-order valence-electron chi connectivity index (χ1n) is 6.77. The van der Waals surface area contributed by atoms with Crippen LogP contribution in [0.2, 0.25) is 0 Å². The molecule has 0 atom stereocenters. The second-order valence-corrected chi connectivity index (χ2v) is 5.03. The summed E-state index contributed by atoms with van der Waals surface area (Å²) >= 11 is 0. The normalized spacial score (nSPS) is 10.8. The van der Waals surface area contributed by atoms with E-state index in [2.05, 4.69) is 15.0 Å². The molecule has 3 aromatic rings. The summed E-state index contributed by atoms with van der Waals surface area (Å²) < 4.78 is 1.96. The molecular weight excluding hydrogens is 282 g/mol. The number of carbonyl (C=O) groups excluding carboxylic acids is 1. The molecule has 112 valence electrons. The summed E-state index contributed by atoms with van der Waals surface area (Å²) in [6.45, 7) is 0.352. The molecule has 7 nitrogen and oxygen atoms in total. The zero-order valence-electron chi connectivity index (χ0n) is 12.3. The maximum Gasteiger partial charge on any atom is 0.274 e. The van der Waals surface area contributed by atoms with E-state index >= 15 is 0 Å². The number of carbonyl (C=O) groups is 1. The van der Waals surface area contributed by atoms with Crippen molar-refractivity contribution >= 4 is 16.9 Å². The van der Waals surface area contributed by atoms with Gasteiger partial charge >= 0.3 is 0 Å². The van der Waals surface area contributed by atoms with Crippen molar-refractivity contribution in [3.05, 3.63) is 58.5 Å². The van der Waals surface area contributed by atoms with E-state index < -0.39 is 0 Å². The number of nitrogens with one attached hydrogen (secondary N) is 1. The molecule has 0 aliphatic heterocycles. The topological polar surface area (TPSA) is 83.9 Å². The number of aryl methyl sites for hydroxylation is 1. The molecule has 0 radical (unpaired) electrons. The van der Waals surface area contributed by atoms with Gasteiger partial charge in [0.05, 0.1) is 23.8 Å². The zero-order valence-corrected chi connectivity index (χ0v) is 12.3. The van der Waals surface area contributed by atoms with Crippen LogP contribution in [0.1, 0.15) is 16.3 Å². The van der Waals surface area contributed by atoms with Gasteiger partial charge in [0, 0.05) is 20.3 Å². The lowest BCUT2D eigenvalue weighted by molar-refractivity contribution is 0.0774. The van der Waals surface area contributed by atoms with Gasteiger partial charge in [-0.05, 0) is 12.1 Å². The van der Waals surface area contributed by atoms with Crippen LogP contribution in [0, 0.1) is 0 Å². The summed E-state index contributed by atoms with van der Waals surface area (Å²) in [6, 6.07) is 7.80. The van der Waals surface area contributed by atoms with E-state index in [0.29, 0.717) is 6.54 Å². The highest BCUT2D eigenvalue weighted by molar-refractivity contribution is 5.91. The van der Waals surface area contributed by atoms with E-state index in [0.717, 1.165) is 23.1 Å². The SMILES string of the molecule is CN(Cc1nc2ccccc2n1C)C(=O)c1c[nH]c(=O)cn1. The summed E-state index contributed by atoms with van der Waals surface area (Å²) in [5, 5.41) is 0. The average molecular weight is 297 g/mol. The van der Waals surface area contributed by atoms with Gasteiger partial charge in [0.25, 0.3) is 11.5 Å². The van der Waals surface area contributed by atoms with Crippen molar-refractivity contribution in [2.75, 3.05) is 7.05 Å². The van der Waals surface area contributed by atoms with Gasteiger partial charge in [-0.2, -0.15) is 0 Å². The lowest BCUT2D eigenvalue weighted by atomic mass is 10.3. The van der Waals surface area contributed by atoms with Crippen molar-refractivity contribution in [1.29, 1.82) is 0 Å². The fourth-order valence-electron chi connectivity index (χ4n) is 2.28. The van der Waals surface area contributed by atoms with Crippen molar-refractivity contribution in [2.45, 2.75) is 6.54 Å². The third-order valence-electron chi connectivity index (χ3n) is 3.50. The Kier molecular flexibility index (Phi) is 3.46. The number of benzene rings is 1. The summed E-state index contributed by atoms with van der Waals surface area (Å²) in [5.74, 6) is 0.504. The molecule has 0 spiro atoms. The largest absolute Gasteiger partial charge is 0.333 e. The molecule has 22 heavy (non-hydrogen) atoms. The Balaban J connectivity index is 1.84. The van der Waals surface area contributed by atoms with Crippen LogP contribution in [0.25, 0.3) is 11.0 Å². The minimum absolute atomic E-state index is 0.195. The maximum absolute atomic E-state index is 12.3.